The van der Waals surface area contributed by atoms with E-state index in [9.17, 15) is 0 Å². The predicted molar refractivity (Wildman–Crippen MR) is 135 cm³/mol. The molecule has 0 bridgehead atoms. The van der Waals surface area contributed by atoms with E-state index >= 15 is 0 Å². The average Bonchev–Trinajstić information content (AvgIpc) is 2.82. The van der Waals surface area contributed by atoms with Gasteiger partial charge in [-0.1, -0.05) is 89.0 Å². The Kier molecular flexibility index (Phi) is 11.0. The monoisotopic (exact) mass is 424 g/mol. The van der Waals surface area contributed by atoms with Gasteiger partial charge < -0.3 is 4.74 Å². The lowest BCUT2D eigenvalue weighted by Crippen LogP contribution is -2.23. The smallest absolute Gasteiger partial charge is 0.119 e. The highest BCUT2D eigenvalue weighted by atomic mass is 16.5. The Morgan fingerprint density at radius 3 is 2.19 bits per heavy atom. The van der Waals surface area contributed by atoms with Gasteiger partial charge in [0.25, 0.3) is 0 Å². The maximum absolute atomic E-state index is 5.85. The molecule has 3 rings (SSSR count). The zero-order valence-corrected chi connectivity index (χ0v) is 20.5. The molecule has 0 heterocycles. The van der Waals surface area contributed by atoms with Crippen LogP contribution in [0.1, 0.15) is 116 Å². The standard InChI is InChI=1S/C30H48O/c1-3-5-7-9-25-12-18-28(19-13-25)29-20-14-26(15-21-29)10-11-27-16-22-30(23-17-27)31-24-8-6-4-2/h14,16-17,22-23,25,28-29H,3-13,15,18-21,24H2,1-2H3/t25-,28-,29?. The normalized spacial score (nSPS) is 24.1. The maximum atomic E-state index is 5.85. The molecule has 0 aromatic heterocycles. The van der Waals surface area contributed by atoms with Crippen LogP contribution in [0.5, 0.6) is 5.75 Å². The molecule has 1 aromatic carbocycles. The van der Waals surface area contributed by atoms with Crippen molar-refractivity contribution >= 4 is 0 Å². The Bertz CT molecular complexity index is 620. The quantitative estimate of drug-likeness (QED) is 0.226. The maximum Gasteiger partial charge on any atom is 0.119 e. The van der Waals surface area contributed by atoms with Crippen LogP contribution in [0.3, 0.4) is 0 Å². The van der Waals surface area contributed by atoms with Gasteiger partial charge in [-0.3, -0.25) is 0 Å². The zero-order valence-electron chi connectivity index (χ0n) is 20.5. The van der Waals surface area contributed by atoms with Crippen molar-refractivity contribution in [1.82, 2.24) is 0 Å². The predicted octanol–water partition coefficient (Wildman–Crippen LogP) is 9.30. The SMILES string of the molecule is CCCCCOc1ccc(CCC2=CCC([C@H]3CC[C@H](CCCCC)CC3)CC2)cc1. The molecule has 2 aliphatic rings. The van der Waals surface area contributed by atoms with Gasteiger partial charge in [0.05, 0.1) is 6.61 Å². The van der Waals surface area contributed by atoms with Gasteiger partial charge in [-0.2, -0.15) is 0 Å². The number of unbranched alkanes of at least 4 members (excludes halogenated alkanes) is 4. The van der Waals surface area contributed by atoms with Gasteiger partial charge in [-0.15, -0.1) is 0 Å². The summed E-state index contributed by atoms with van der Waals surface area (Å²) in [5, 5.41) is 0. The van der Waals surface area contributed by atoms with Gasteiger partial charge in [0.1, 0.15) is 5.75 Å². The minimum absolute atomic E-state index is 0.849. The molecule has 1 nitrogen and oxygen atoms in total. The Hall–Kier alpha value is -1.24. The minimum atomic E-state index is 0.849. The Balaban J connectivity index is 1.33. The van der Waals surface area contributed by atoms with Gasteiger partial charge in [-0.25, -0.2) is 0 Å². The molecule has 1 atom stereocenters. The third kappa shape index (κ3) is 8.66. The van der Waals surface area contributed by atoms with Crippen LogP contribution in [-0.2, 0) is 6.42 Å². The van der Waals surface area contributed by atoms with E-state index in [1.807, 2.05) is 0 Å². The molecule has 0 N–H and O–H groups in total. The van der Waals surface area contributed by atoms with Gasteiger partial charge in [-0.05, 0) is 86.8 Å². The van der Waals surface area contributed by atoms with Gasteiger partial charge >= 0.3 is 0 Å². The summed E-state index contributed by atoms with van der Waals surface area (Å²) in [7, 11) is 0. The zero-order chi connectivity index (χ0) is 21.7. The fourth-order valence-electron chi connectivity index (χ4n) is 5.79. The second-order valence-electron chi connectivity index (χ2n) is 10.4. The van der Waals surface area contributed by atoms with E-state index in [1.54, 1.807) is 5.57 Å². The largest absolute Gasteiger partial charge is 0.494 e. The highest BCUT2D eigenvalue weighted by molar-refractivity contribution is 5.28. The number of allylic oxidation sites excluding steroid dienone is 2. The van der Waals surface area contributed by atoms with Crippen LogP contribution < -0.4 is 4.74 Å². The van der Waals surface area contributed by atoms with Gasteiger partial charge in [0.2, 0.25) is 0 Å². The van der Waals surface area contributed by atoms with Crippen LogP contribution in [0, 0.1) is 17.8 Å². The first kappa shape index (κ1) is 24.4. The second kappa shape index (κ2) is 14.0. The second-order valence-corrected chi connectivity index (χ2v) is 10.4. The molecule has 0 amide bonds. The molecule has 1 aromatic rings. The number of benzene rings is 1. The van der Waals surface area contributed by atoms with Crippen molar-refractivity contribution in [3.8, 4) is 5.75 Å². The molecule has 1 saturated carbocycles. The fourth-order valence-corrected chi connectivity index (χ4v) is 5.79. The number of hydrogen-bond acceptors (Lipinski definition) is 1. The van der Waals surface area contributed by atoms with E-state index < -0.39 is 0 Å². The highest BCUT2D eigenvalue weighted by Crippen LogP contribution is 2.41. The third-order valence-electron chi connectivity index (χ3n) is 7.99. The van der Waals surface area contributed by atoms with Crippen molar-refractivity contribution in [2.45, 2.75) is 117 Å². The van der Waals surface area contributed by atoms with Crippen LogP contribution in [0.25, 0.3) is 0 Å². The Morgan fingerprint density at radius 2 is 1.52 bits per heavy atom. The van der Waals surface area contributed by atoms with Crippen molar-refractivity contribution in [3.05, 3.63) is 41.5 Å². The van der Waals surface area contributed by atoms with Gasteiger partial charge in [0, 0.05) is 0 Å². The summed E-state index contributed by atoms with van der Waals surface area (Å²) < 4.78 is 5.85. The first-order valence-electron chi connectivity index (χ1n) is 13.7. The minimum Gasteiger partial charge on any atom is -0.494 e. The topological polar surface area (TPSA) is 9.23 Å². The number of aryl methyl sites for hydroxylation is 1. The molecule has 1 unspecified atom stereocenters. The van der Waals surface area contributed by atoms with Crippen LogP contribution in [0.15, 0.2) is 35.9 Å². The summed E-state index contributed by atoms with van der Waals surface area (Å²) in [4.78, 5) is 0. The molecule has 1 heteroatoms. The summed E-state index contributed by atoms with van der Waals surface area (Å²) in [6, 6.07) is 8.84. The molecule has 0 spiro atoms. The first-order valence-corrected chi connectivity index (χ1v) is 13.7. The highest BCUT2D eigenvalue weighted by Gasteiger charge is 2.28. The lowest BCUT2D eigenvalue weighted by atomic mass is 9.70. The summed E-state index contributed by atoms with van der Waals surface area (Å²) >= 11 is 0. The Morgan fingerprint density at radius 1 is 0.774 bits per heavy atom. The van der Waals surface area contributed by atoms with E-state index in [-0.39, 0.29) is 0 Å². The van der Waals surface area contributed by atoms with E-state index in [2.05, 4.69) is 44.2 Å². The van der Waals surface area contributed by atoms with Crippen molar-refractivity contribution < 1.29 is 4.74 Å². The lowest BCUT2D eigenvalue weighted by molar-refractivity contribution is 0.185. The number of rotatable bonds is 13. The van der Waals surface area contributed by atoms with Crippen molar-refractivity contribution in [3.63, 3.8) is 0 Å². The molecule has 31 heavy (non-hydrogen) atoms. The van der Waals surface area contributed by atoms with Crippen molar-refractivity contribution in [2.24, 2.45) is 17.8 Å². The van der Waals surface area contributed by atoms with Crippen LogP contribution in [0.4, 0.5) is 0 Å². The Labute approximate surface area is 193 Å². The third-order valence-corrected chi connectivity index (χ3v) is 7.99. The van der Waals surface area contributed by atoms with Crippen LogP contribution >= 0.6 is 0 Å². The molecule has 2 aliphatic carbocycles. The first-order chi connectivity index (χ1) is 15.3. The van der Waals surface area contributed by atoms with Gasteiger partial charge in [0.15, 0.2) is 0 Å². The summed E-state index contributed by atoms with van der Waals surface area (Å²) in [5.74, 6) is 4.07. The number of hydrogen-bond donors (Lipinski definition) is 0. The van der Waals surface area contributed by atoms with Crippen LogP contribution in [0.2, 0.25) is 0 Å². The molecular weight excluding hydrogens is 376 g/mol. The molecule has 0 saturated heterocycles. The van der Waals surface area contributed by atoms with E-state index in [4.69, 9.17) is 4.74 Å². The van der Waals surface area contributed by atoms with Crippen molar-refractivity contribution in [1.29, 1.82) is 0 Å². The summed E-state index contributed by atoms with van der Waals surface area (Å²) in [6.45, 7) is 5.40. The molecule has 174 valence electrons. The van der Waals surface area contributed by atoms with Crippen molar-refractivity contribution in [2.75, 3.05) is 6.61 Å². The summed E-state index contributed by atoms with van der Waals surface area (Å²) in [5.41, 5.74) is 3.16. The van der Waals surface area contributed by atoms with Crippen LogP contribution in [-0.4, -0.2) is 6.61 Å². The molecule has 0 radical (unpaired) electrons. The van der Waals surface area contributed by atoms with E-state index in [0.29, 0.717) is 0 Å². The fraction of sp³-hybridized carbons (Fsp3) is 0.733. The van der Waals surface area contributed by atoms with E-state index in [0.717, 1.165) is 36.5 Å². The summed E-state index contributed by atoms with van der Waals surface area (Å²) in [6.07, 6.45) is 24.7. The van der Waals surface area contributed by atoms with E-state index in [1.165, 1.54) is 102 Å². The number of ether oxygens (including phenoxy) is 1. The molecule has 0 aliphatic heterocycles. The molecule has 1 fully saturated rings. The molecular formula is C30H48O. The lowest BCUT2D eigenvalue weighted by Gasteiger charge is -2.35. The average molecular weight is 425 g/mol.